The highest BCUT2D eigenvalue weighted by molar-refractivity contribution is 5.86. The largest absolute Gasteiger partial charge is 0.477 e. The molecule has 0 bridgehead atoms. The molecule has 2 rings (SSSR count). The van der Waals surface area contributed by atoms with E-state index in [0.29, 0.717) is 5.69 Å². The van der Waals surface area contributed by atoms with E-state index in [9.17, 15) is 4.79 Å². The average Bonchev–Trinajstić information content (AvgIpc) is 2.91. The molecule has 0 saturated carbocycles. The van der Waals surface area contributed by atoms with Gasteiger partial charge in [-0.25, -0.2) is 4.79 Å². The Morgan fingerprint density at radius 1 is 1.26 bits per heavy atom. The lowest BCUT2D eigenvalue weighted by Crippen LogP contribution is -2.21. The molecule has 1 aromatic carbocycles. The van der Waals surface area contributed by atoms with Crippen LogP contribution >= 0.6 is 0 Å². The zero-order chi connectivity index (χ0) is 13.8. The van der Waals surface area contributed by atoms with E-state index < -0.39 is 5.97 Å². The summed E-state index contributed by atoms with van der Waals surface area (Å²) in [6.45, 7) is 6.15. The monoisotopic (exact) mass is 259 g/mol. The summed E-state index contributed by atoms with van der Waals surface area (Å²) in [5, 5.41) is 15.4. The number of carboxylic acid groups (broad SMARTS) is 1. The molecule has 19 heavy (non-hydrogen) atoms. The highest BCUT2D eigenvalue weighted by Gasteiger charge is 2.09. The van der Waals surface area contributed by atoms with Crippen molar-refractivity contribution in [2.75, 3.05) is 18.0 Å². The first-order chi connectivity index (χ1) is 9.15. The van der Waals surface area contributed by atoms with E-state index in [1.807, 2.05) is 24.3 Å². The first-order valence-corrected chi connectivity index (χ1v) is 6.29. The fourth-order valence-electron chi connectivity index (χ4n) is 2.01. The second-order valence-corrected chi connectivity index (χ2v) is 4.19. The predicted molar refractivity (Wildman–Crippen MR) is 74.5 cm³/mol. The predicted octanol–water partition coefficient (Wildman–Crippen LogP) is 2.62. The van der Waals surface area contributed by atoms with Gasteiger partial charge in [0.2, 0.25) is 0 Å². The third-order valence-electron chi connectivity index (χ3n) is 3.10. The molecule has 0 aliphatic carbocycles. The quantitative estimate of drug-likeness (QED) is 0.866. The number of aromatic nitrogens is 2. The lowest BCUT2D eigenvalue weighted by molar-refractivity contribution is 0.0690. The van der Waals surface area contributed by atoms with Crippen LogP contribution < -0.4 is 4.90 Å². The molecular formula is C14H17N3O2. The van der Waals surface area contributed by atoms with Crippen molar-refractivity contribution in [3.05, 3.63) is 36.0 Å². The fraction of sp³-hybridized carbons (Fsp3) is 0.286. The van der Waals surface area contributed by atoms with Gasteiger partial charge < -0.3 is 10.0 Å². The van der Waals surface area contributed by atoms with Crippen LogP contribution in [0.25, 0.3) is 11.3 Å². The Labute approximate surface area is 111 Å². The van der Waals surface area contributed by atoms with Crippen LogP contribution in [0.2, 0.25) is 0 Å². The maximum atomic E-state index is 10.8. The van der Waals surface area contributed by atoms with Crippen LogP contribution in [0.15, 0.2) is 30.3 Å². The van der Waals surface area contributed by atoms with Crippen molar-refractivity contribution in [1.82, 2.24) is 10.2 Å². The first kappa shape index (κ1) is 13.1. The Morgan fingerprint density at radius 2 is 1.89 bits per heavy atom. The summed E-state index contributed by atoms with van der Waals surface area (Å²) in [6, 6.07) is 9.49. The summed E-state index contributed by atoms with van der Waals surface area (Å²) in [6.07, 6.45) is 0. The molecule has 2 N–H and O–H groups in total. The maximum absolute atomic E-state index is 10.8. The van der Waals surface area contributed by atoms with Gasteiger partial charge in [0.25, 0.3) is 0 Å². The molecule has 0 fully saturated rings. The minimum Gasteiger partial charge on any atom is -0.477 e. The molecule has 0 aliphatic rings. The molecule has 100 valence electrons. The van der Waals surface area contributed by atoms with Crippen LogP contribution in [0.5, 0.6) is 0 Å². The number of aromatic carboxylic acids is 1. The molecule has 0 atom stereocenters. The molecule has 5 heteroatoms. The molecule has 0 spiro atoms. The highest BCUT2D eigenvalue weighted by Crippen LogP contribution is 2.22. The molecule has 2 aromatic rings. The summed E-state index contributed by atoms with van der Waals surface area (Å²) < 4.78 is 0. The number of rotatable bonds is 5. The second-order valence-electron chi connectivity index (χ2n) is 4.19. The summed E-state index contributed by atoms with van der Waals surface area (Å²) >= 11 is 0. The molecule has 0 radical (unpaired) electrons. The van der Waals surface area contributed by atoms with Crippen molar-refractivity contribution in [3.63, 3.8) is 0 Å². The molecule has 1 heterocycles. The minimum atomic E-state index is -1.00. The zero-order valence-corrected chi connectivity index (χ0v) is 11.1. The van der Waals surface area contributed by atoms with Crippen molar-refractivity contribution >= 4 is 11.7 Å². The van der Waals surface area contributed by atoms with Crippen molar-refractivity contribution in [3.8, 4) is 11.3 Å². The van der Waals surface area contributed by atoms with E-state index in [-0.39, 0.29) is 5.69 Å². The molecule has 1 aromatic heterocycles. The SMILES string of the molecule is CCN(CC)c1ccc(-c2cc(C(=O)O)[nH]n2)cc1. The Morgan fingerprint density at radius 3 is 2.37 bits per heavy atom. The second kappa shape index (κ2) is 5.56. The number of carbonyl (C=O) groups is 1. The van der Waals surface area contributed by atoms with Crippen molar-refractivity contribution in [1.29, 1.82) is 0 Å². The standard InChI is InChI=1S/C14H17N3O2/c1-3-17(4-2)11-7-5-10(6-8-11)12-9-13(14(18)19)16-15-12/h5-9H,3-4H2,1-2H3,(H,15,16)(H,18,19). The normalized spacial score (nSPS) is 10.4. The van der Waals surface area contributed by atoms with Crippen LogP contribution in [0.1, 0.15) is 24.3 Å². The maximum Gasteiger partial charge on any atom is 0.353 e. The van der Waals surface area contributed by atoms with Gasteiger partial charge in [-0.2, -0.15) is 5.10 Å². The van der Waals surface area contributed by atoms with Gasteiger partial charge >= 0.3 is 5.97 Å². The number of anilines is 1. The molecule has 5 nitrogen and oxygen atoms in total. The van der Waals surface area contributed by atoms with E-state index in [2.05, 4.69) is 28.9 Å². The smallest absolute Gasteiger partial charge is 0.353 e. The van der Waals surface area contributed by atoms with Crippen molar-refractivity contribution in [2.45, 2.75) is 13.8 Å². The van der Waals surface area contributed by atoms with Crippen LogP contribution in [-0.4, -0.2) is 34.4 Å². The van der Waals surface area contributed by atoms with E-state index in [4.69, 9.17) is 5.11 Å². The van der Waals surface area contributed by atoms with Gasteiger partial charge in [0.1, 0.15) is 5.69 Å². The van der Waals surface area contributed by atoms with Gasteiger partial charge in [0, 0.05) is 24.3 Å². The summed E-state index contributed by atoms with van der Waals surface area (Å²) in [5.74, 6) is -1.00. The number of benzene rings is 1. The van der Waals surface area contributed by atoms with Crippen LogP contribution in [-0.2, 0) is 0 Å². The number of hydrogen-bond acceptors (Lipinski definition) is 3. The zero-order valence-electron chi connectivity index (χ0n) is 11.1. The van der Waals surface area contributed by atoms with E-state index in [1.54, 1.807) is 0 Å². The van der Waals surface area contributed by atoms with Crippen molar-refractivity contribution < 1.29 is 9.90 Å². The fourth-order valence-corrected chi connectivity index (χ4v) is 2.01. The minimum absolute atomic E-state index is 0.0998. The molecule has 0 amide bonds. The number of nitrogens with zero attached hydrogens (tertiary/aromatic N) is 2. The Hall–Kier alpha value is -2.30. The van der Waals surface area contributed by atoms with Gasteiger partial charge in [-0.1, -0.05) is 12.1 Å². The van der Waals surface area contributed by atoms with Gasteiger partial charge in [-0.15, -0.1) is 0 Å². The molecule has 0 aliphatic heterocycles. The summed E-state index contributed by atoms with van der Waals surface area (Å²) in [7, 11) is 0. The molecule has 0 saturated heterocycles. The van der Waals surface area contributed by atoms with Crippen LogP contribution in [0.4, 0.5) is 5.69 Å². The summed E-state index contributed by atoms with van der Waals surface area (Å²) in [4.78, 5) is 13.0. The molecule has 0 unspecified atom stereocenters. The average molecular weight is 259 g/mol. The van der Waals surface area contributed by atoms with E-state index in [0.717, 1.165) is 24.3 Å². The number of aromatic amines is 1. The highest BCUT2D eigenvalue weighted by atomic mass is 16.4. The third kappa shape index (κ3) is 2.76. The Kier molecular flexibility index (Phi) is 3.85. The van der Waals surface area contributed by atoms with Gasteiger partial charge in [-0.3, -0.25) is 5.10 Å². The lowest BCUT2D eigenvalue weighted by Gasteiger charge is -2.20. The third-order valence-corrected chi connectivity index (χ3v) is 3.10. The van der Waals surface area contributed by atoms with Crippen LogP contribution in [0.3, 0.4) is 0 Å². The van der Waals surface area contributed by atoms with E-state index >= 15 is 0 Å². The van der Waals surface area contributed by atoms with E-state index in [1.165, 1.54) is 6.07 Å². The Bertz CT molecular complexity index is 556. The number of carboxylic acids is 1. The summed E-state index contributed by atoms with van der Waals surface area (Å²) in [5.41, 5.74) is 2.80. The van der Waals surface area contributed by atoms with Gasteiger partial charge in [-0.05, 0) is 32.0 Å². The Balaban J connectivity index is 2.24. The van der Waals surface area contributed by atoms with Gasteiger partial charge in [0.15, 0.2) is 0 Å². The van der Waals surface area contributed by atoms with Gasteiger partial charge in [0.05, 0.1) is 5.69 Å². The lowest BCUT2D eigenvalue weighted by atomic mass is 10.1. The van der Waals surface area contributed by atoms with Crippen LogP contribution in [0, 0.1) is 0 Å². The molecular weight excluding hydrogens is 242 g/mol. The first-order valence-electron chi connectivity index (χ1n) is 6.29. The van der Waals surface area contributed by atoms with Crippen molar-refractivity contribution in [2.24, 2.45) is 0 Å². The number of hydrogen-bond donors (Lipinski definition) is 2. The number of H-pyrrole nitrogens is 1. The topological polar surface area (TPSA) is 69.2 Å². The number of nitrogens with one attached hydrogen (secondary N) is 1.